The van der Waals surface area contributed by atoms with Crippen molar-refractivity contribution in [1.82, 2.24) is 5.16 Å². The maximum Gasteiger partial charge on any atom is 0.330 e. The lowest BCUT2D eigenvalue weighted by Crippen LogP contribution is -2.10. The van der Waals surface area contributed by atoms with E-state index >= 15 is 0 Å². The Kier molecular flexibility index (Phi) is 8.35. The third-order valence-electron chi connectivity index (χ3n) is 4.81. The molecule has 8 nitrogen and oxygen atoms in total. The van der Waals surface area contributed by atoms with Gasteiger partial charge in [0, 0.05) is 6.08 Å². The zero-order valence-corrected chi connectivity index (χ0v) is 19.1. The van der Waals surface area contributed by atoms with Gasteiger partial charge in [-0.15, -0.1) is 0 Å². The highest BCUT2D eigenvalue weighted by molar-refractivity contribution is 5.87. The molecule has 3 aromatic rings. The minimum atomic E-state index is -0.467. The molecule has 0 aliphatic rings. The van der Waals surface area contributed by atoms with Crippen LogP contribution in [0.25, 0.3) is 6.08 Å². The Morgan fingerprint density at radius 1 is 0.939 bits per heavy atom. The number of aromatic nitrogens is 1. The molecule has 0 bridgehead atoms. The first-order valence-corrected chi connectivity index (χ1v) is 10.3. The Balaban J connectivity index is 1.47. The molecular weight excluding hydrogens is 426 g/mol. The predicted molar refractivity (Wildman–Crippen MR) is 122 cm³/mol. The number of benzene rings is 2. The standard InChI is InChI=1S/C25H27NO7/c1-17-22(18(2)33-26-17)16-32-23-11-5-19(15-24(23)29-4)6-12-25(27)31-14-13-30-21-9-7-20(28-3)8-10-21/h5-12,15H,13-14,16H2,1-4H3/b12-6+. The highest BCUT2D eigenvalue weighted by atomic mass is 16.6. The summed E-state index contributed by atoms with van der Waals surface area (Å²) in [5.41, 5.74) is 2.46. The van der Waals surface area contributed by atoms with Crippen LogP contribution in [0.3, 0.4) is 0 Å². The number of ether oxygens (including phenoxy) is 5. The number of nitrogens with zero attached hydrogens (tertiary/aromatic N) is 1. The van der Waals surface area contributed by atoms with E-state index in [2.05, 4.69) is 5.16 Å². The maximum atomic E-state index is 12.0. The highest BCUT2D eigenvalue weighted by Gasteiger charge is 2.12. The summed E-state index contributed by atoms with van der Waals surface area (Å²) >= 11 is 0. The lowest BCUT2D eigenvalue weighted by atomic mass is 10.2. The van der Waals surface area contributed by atoms with Crippen LogP contribution in [0.15, 0.2) is 53.1 Å². The van der Waals surface area contributed by atoms with Crippen LogP contribution in [0.4, 0.5) is 0 Å². The van der Waals surface area contributed by atoms with Crippen LogP contribution < -0.4 is 18.9 Å². The molecular formula is C25H27NO7. The van der Waals surface area contributed by atoms with Gasteiger partial charge in [0.25, 0.3) is 0 Å². The molecule has 174 valence electrons. The minimum Gasteiger partial charge on any atom is -0.497 e. The second-order valence-electron chi connectivity index (χ2n) is 7.03. The van der Waals surface area contributed by atoms with Crippen LogP contribution in [0, 0.1) is 13.8 Å². The van der Waals surface area contributed by atoms with Crippen molar-refractivity contribution < 1.29 is 33.0 Å². The van der Waals surface area contributed by atoms with E-state index in [4.69, 9.17) is 28.2 Å². The Bertz CT molecular complexity index is 1070. The molecule has 0 amide bonds. The Morgan fingerprint density at radius 2 is 1.70 bits per heavy atom. The third kappa shape index (κ3) is 6.77. The summed E-state index contributed by atoms with van der Waals surface area (Å²) in [5, 5.41) is 3.92. The summed E-state index contributed by atoms with van der Waals surface area (Å²) in [5.74, 6) is 2.80. The van der Waals surface area contributed by atoms with E-state index in [1.165, 1.54) is 6.08 Å². The van der Waals surface area contributed by atoms with Gasteiger partial charge in [-0.2, -0.15) is 0 Å². The number of methoxy groups -OCH3 is 2. The zero-order chi connectivity index (χ0) is 23.6. The minimum absolute atomic E-state index is 0.132. The summed E-state index contributed by atoms with van der Waals surface area (Å²) in [7, 11) is 3.16. The van der Waals surface area contributed by atoms with Gasteiger partial charge in [0.05, 0.1) is 25.5 Å². The molecule has 33 heavy (non-hydrogen) atoms. The first kappa shape index (κ1) is 23.7. The largest absolute Gasteiger partial charge is 0.497 e. The van der Waals surface area contributed by atoms with E-state index in [0.29, 0.717) is 23.9 Å². The molecule has 1 aromatic heterocycles. The van der Waals surface area contributed by atoms with Crippen molar-refractivity contribution in [3.05, 3.63) is 71.1 Å². The van der Waals surface area contributed by atoms with Crippen molar-refractivity contribution in [2.24, 2.45) is 0 Å². The van der Waals surface area contributed by atoms with Gasteiger partial charge in [0.15, 0.2) is 11.5 Å². The van der Waals surface area contributed by atoms with Gasteiger partial charge >= 0.3 is 5.97 Å². The molecule has 0 atom stereocenters. The van der Waals surface area contributed by atoms with Crippen LogP contribution >= 0.6 is 0 Å². The van der Waals surface area contributed by atoms with Gasteiger partial charge in [-0.3, -0.25) is 0 Å². The van der Waals surface area contributed by atoms with Crippen LogP contribution in [0.1, 0.15) is 22.6 Å². The lowest BCUT2D eigenvalue weighted by molar-refractivity contribution is -0.138. The number of aryl methyl sites for hydroxylation is 2. The van der Waals surface area contributed by atoms with Crippen LogP contribution in [-0.2, 0) is 16.1 Å². The average Bonchev–Trinajstić information content (AvgIpc) is 3.16. The van der Waals surface area contributed by atoms with Crippen LogP contribution in [-0.4, -0.2) is 38.6 Å². The summed E-state index contributed by atoms with van der Waals surface area (Å²) in [4.78, 5) is 12.0. The fourth-order valence-electron chi connectivity index (χ4n) is 2.95. The topological polar surface area (TPSA) is 89.3 Å². The van der Waals surface area contributed by atoms with Crippen molar-refractivity contribution in [3.8, 4) is 23.0 Å². The number of carbonyl (C=O) groups excluding carboxylic acids is 1. The molecule has 8 heteroatoms. The molecule has 0 aliphatic heterocycles. The van der Waals surface area contributed by atoms with Gasteiger partial charge in [-0.25, -0.2) is 4.79 Å². The van der Waals surface area contributed by atoms with E-state index in [0.717, 1.165) is 28.3 Å². The molecule has 0 radical (unpaired) electrons. The van der Waals surface area contributed by atoms with Crippen molar-refractivity contribution in [1.29, 1.82) is 0 Å². The van der Waals surface area contributed by atoms with Gasteiger partial charge in [0.1, 0.15) is 37.1 Å². The van der Waals surface area contributed by atoms with Crippen LogP contribution in [0.2, 0.25) is 0 Å². The molecule has 0 fully saturated rings. The first-order valence-electron chi connectivity index (χ1n) is 10.3. The Morgan fingerprint density at radius 3 is 2.36 bits per heavy atom. The molecule has 0 aliphatic carbocycles. The fraction of sp³-hybridized carbons (Fsp3) is 0.280. The van der Waals surface area contributed by atoms with Crippen molar-refractivity contribution in [3.63, 3.8) is 0 Å². The Hall–Kier alpha value is -3.94. The fourth-order valence-corrected chi connectivity index (χ4v) is 2.95. The van der Waals surface area contributed by atoms with E-state index in [-0.39, 0.29) is 13.2 Å². The lowest BCUT2D eigenvalue weighted by Gasteiger charge is -2.11. The summed E-state index contributed by atoms with van der Waals surface area (Å²) < 4.78 is 32.2. The molecule has 0 spiro atoms. The monoisotopic (exact) mass is 453 g/mol. The van der Waals surface area contributed by atoms with Crippen LogP contribution in [0.5, 0.6) is 23.0 Å². The zero-order valence-electron chi connectivity index (χ0n) is 19.1. The van der Waals surface area contributed by atoms with Crippen molar-refractivity contribution in [2.45, 2.75) is 20.5 Å². The van der Waals surface area contributed by atoms with E-state index < -0.39 is 5.97 Å². The normalized spacial score (nSPS) is 10.8. The summed E-state index contributed by atoms with van der Waals surface area (Å²) in [6, 6.07) is 12.5. The maximum absolute atomic E-state index is 12.0. The Labute approximate surface area is 192 Å². The smallest absolute Gasteiger partial charge is 0.330 e. The highest BCUT2D eigenvalue weighted by Crippen LogP contribution is 2.30. The predicted octanol–water partition coefficient (Wildman–Crippen LogP) is 4.52. The molecule has 0 saturated carbocycles. The number of esters is 1. The summed E-state index contributed by atoms with van der Waals surface area (Å²) in [6.45, 7) is 4.40. The average molecular weight is 453 g/mol. The number of rotatable bonds is 11. The van der Waals surface area contributed by atoms with Crippen molar-refractivity contribution in [2.75, 3.05) is 27.4 Å². The molecule has 0 unspecified atom stereocenters. The quantitative estimate of drug-likeness (QED) is 0.238. The SMILES string of the molecule is COc1ccc(OCCOC(=O)/C=C/c2ccc(OCc3c(C)noc3C)c(OC)c2)cc1. The second-order valence-corrected chi connectivity index (χ2v) is 7.03. The number of hydrogen-bond acceptors (Lipinski definition) is 8. The van der Waals surface area contributed by atoms with Gasteiger partial charge in [0.2, 0.25) is 0 Å². The number of carbonyl (C=O) groups is 1. The molecule has 1 heterocycles. The molecule has 0 N–H and O–H groups in total. The molecule has 2 aromatic carbocycles. The summed E-state index contributed by atoms with van der Waals surface area (Å²) in [6.07, 6.45) is 3.00. The van der Waals surface area contributed by atoms with Gasteiger partial charge < -0.3 is 28.2 Å². The number of hydrogen-bond donors (Lipinski definition) is 0. The molecule has 3 rings (SSSR count). The van der Waals surface area contributed by atoms with E-state index in [9.17, 15) is 4.79 Å². The van der Waals surface area contributed by atoms with Crippen molar-refractivity contribution >= 4 is 12.0 Å². The second kappa shape index (κ2) is 11.6. The van der Waals surface area contributed by atoms with E-state index in [1.807, 2.05) is 19.9 Å². The van der Waals surface area contributed by atoms with Gasteiger partial charge in [-0.1, -0.05) is 11.2 Å². The third-order valence-corrected chi connectivity index (χ3v) is 4.81. The van der Waals surface area contributed by atoms with Gasteiger partial charge in [-0.05, 0) is 61.9 Å². The molecule has 0 saturated heterocycles. The first-order chi connectivity index (χ1) is 16.0. The van der Waals surface area contributed by atoms with E-state index in [1.54, 1.807) is 56.7 Å².